The number of likely N-dealkylation sites (tertiary alicyclic amines) is 1. The van der Waals surface area contributed by atoms with Gasteiger partial charge < -0.3 is 15.3 Å². The van der Waals surface area contributed by atoms with Crippen LogP contribution in [0.3, 0.4) is 0 Å². The van der Waals surface area contributed by atoms with Gasteiger partial charge in [-0.25, -0.2) is 0 Å². The fourth-order valence-electron chi connectivity index (χ4n) is 3.93. The van der Waals surface area contributed by atoms with E-state index in [1.807, 2.05) is 30.3 Å². The minimum absolute atomic E-state index is 0.152. The molecule has 26 heavy (non-hydrogen) atoms. The van der Waals surface area contributed by atoms with E-state index in [4.69, 9.17) is 0 Å². The summed E-state index contributed by atoms with van der Waals surface area (Å²) >= 11 is 0. The Morgan fingerprint density at radius 3 is 2.54 bits per heavy atom. The molecule has 1 saturated carbocycles. The second kappa shape index (κ2) is 8.99. The van der Waals surface area contributed by atoms with Crippen molar-refractivity contribution in [2.24, 2.45) is 0 Å². The number of rotatable bonds is 5. The monoisotopic (exact) mass is 356 g/mol. The first-order valence-corrected chi connectivity index (χ1v) is 9.67. The molecule has 2 N–H and O–H groups in total. The van der Waals surface area contributed by atoms with E-state index in [1.165, 1.54) is 12.5 Å². The van der Waals surface area contributed by atoms with Crippen LogP contribution in [0.5, 0.6) is 0 Å². The van der Waals surface area contributed by atoms with E-state index >= 15 is 0 Å². The van der Waals surface area contributed by atoms with E-state index in [1.54, 1.807) is 11.0 Å². The van der Waals surface area contributed by atoms with Gasteiger partial charge in [-0.1, -0.05) is 49.6 Å². The fourth-order valence-corrected chi connectivity index (χ4v) is 3.93. The third kappa shape index (κ3) is 4.73. The van der Waals surface area contributed by atoms with E-state index in [2.05, 4.69) is 5.32 Å². The number of nitrogens with one attached hydrogen (secondary N) is 1. The molecule has 5 heteroatoms. The van der Waals surface area contributed by atoms with E-state index in [0.717, 1.165) is 37.7 Å². The lowest BCUT2D eigenvalue weighted by Crippen LogP contribution is -2.51. The Bertz CT molecular complexity index is 638. The Labute approximate surface area is 155 Å². The molecule has 2 amide bonds. The number of aliphatic hydroxyl groups is 1. The summed E-state index contributed by atoms with van der Waals surface area (Å²) in [6.07, 6.45) is 9.02. The largest absolute Gasteiger partial charge is 0.381 e. The van der Waals surface area contributed by atoms with Crippen molar-refractivity contribution in [1.82, 2.24) is 10.2 Å². The van der Waals surface area contributed by atoms with E-state index in [-0.39, 0.29) is 17.9 Å². The number of amides is 2. The SMILES string of the molecule is O=C(NC1CCCCC1)C(O)C1CCCN1C(=O)/C=C/c1ccccc1. The predicted molar refractivity (Wildman–Crippen MR) is 101 cm³/mol. The van der Waals surface area contributed by atoms with E-state index < -0.39 is 12.1 Å². The van der Waals surface area contributed by atoms with Crippen LogP contribution in [-0.4, -0.2) is 46.6 Å². The number of benzene rings is 1. The van der Waals surface area contributed by atoms with Crippen LogP contribution >= 0.6 is 0 Å². The quantitative estimate of drug-likeness (QED) is 0.797. The Morgan fingerprint density at radius 1 is 1.08 bits per heavy atom. The maximum atomic E-state index is 12.5. The van der Waals surface area contributed by atoms with E-state index in [0.29, 0.717) is 13.0 Å². The summed E-state index contributed by atoms with van der Waals surface area (Å²) in [6, 6.07) is 9.34. The molecule has 1 aliphatic carbocycles. The highest BCUT2D eigenvalue weighted by atomic mass is 16.3. The van der Waals surface area contributed by atoms with Crippen molar-refractivity contribution in [3.8, 4) is 0 Å². The highest BCUT2D eigenvalue weighted by Gasteiger charge is 2.37. The molecule has 2 unspecified atom stereocenters. The van der Waals surface area contributed by atoms with Crippen molar-refractivity contribution in [2.75, 3.05) is 6.54 Å². The average molecular weight is 356 g/mol. The molecule has 0 spiro atoms. The molecular formula is C21H28N2O3. The summed E-state index contributed by atoms with van der Waals surface area (Å²) in [7, 11) is 0. The number of hydrogen-bond acceptors (Lipinski definition) is 3. The molecule has 0 aromatic heterocycles. The number of nitrogens with zero attached hydrogens (tertiary/aromatic N) is 1. The lowest BCUT2D eigenvalue weighted by molar-refractivity contribution is -0.137. The highest BCUT2D eigenvalue weighted by Crippen LogP contribution is 2.22. The topological polar surface area (TPSA) is 69.6 Å². The number of hydrogen-bond donors (Lipinski definition) is 2. The van der Waals surface area contributed by atoms with Gasteiger partial charge in [-0.15, -0.1) is 0 Å². The van der Waals surface area contributed by atoms with Gasteiger partial charge >= 0.3 is 0 Å². The summed E-state index contributed by atoms with van der Waals surface area (Å²) in [5.41, 5.74) is 0.951. The normalized spacial score (nSPS) is 22.5. The molecule has 0 radical (unpaired) electrons. The third-order valence-electron chi connectivity index (χ3n) is 5.38. The van der Waals surface area contributed by atoms with Crippen molar-refractivity contribution in [2.45, 2.75) is 63.1 Å². The maximum absolute atomic E-state index is 12.5. The van der Waals surface area contributed by atoms with Gasteiger partial charge in [0.15, 0.2) is 6.10 Å². The van der Waals surface area contributed by atoms with Gasteiger partial charge in [-0.2, -0.15) is 0 Å². The predicted octanol–water partition coefficient (Wildman–Crippen LogP) is 2.50. The average Bonchev–Trinajstić information content (AvgIpc) is 3.17. The molecule has 1 heterocycles. The molecule has 1 aromatic rings. The van der Waals surface area contributed by atoms with Crippen LogP contribution in [0.2, 0.25) is 0 Å². The van der Waals surface area contributed by atoms with Crippen LogP contribution in [0.1, 0.15) is 50.5 Å². The molecule has 2 aliphatic rings. The first kappa shape index (κ1) is 18.6. The summed E-state index contributed by atoms with van der Waals surface area (Å²) in [5.74, 6) is -0.491. The lowest BCUT2D eigenvalue weighted by atomic mass is 9.95. The Morgan fingerprint density at radius 2 is 1.81 bits per heavy atom. The molecule has 5 nitrogen and oxygen atoms in total. The molecule has 140 valence electrons. The van der Waals surface area contributed by atoms with Gasteiger partial charge in [0.05, 0.1) is 6.04 Å². The Hall–Kier alpha value is -2.14. The van der Waals surface area contributed by atoms with Crippen LogP contribution in [0.4, 0.5) is 0 Å². The first-order chi connectivity index (χ1) is 12.6. The zero-order valence-corrected chi connectivity index (χ0v) is 15.1. The molecule has 1 aliphatic heterocycles. The second-order valence-electron chi connectivity index (χ2n) is 7.27. The van der Waals surface area contributed by atoms with Crippen molar-refractivity contribution in [1.29, 1.82) is 0 Å². The molecule has 1 aromatic carbocycles. The second-order valence-corrected chi connectivity index (χ2v) is 7.27. The molecule has 2 fully saturated rings. The minimum atomic E-state index is -1.16. The molecule has 3 rings (SSSR count). The summed E-state index contributed by atoms with van der Waals surface area (Å²) < 4.78 is 0. The van der Waals surface area contributed by atoms with Gasteiger partial charge in [0.2, 0.25) is 5.91 Å². The van der Waals surface area contributed by atoms with Crippen LogP contribution in [0.25, 0.3) is 6.08 Å². The van der Waals surface area contributed by atoms with Gasteiger partial charge in [-0.3, -0.25) is 9.59 Å². The van der Waals surface area contributed by atoms with Crippen molar-refractivity contribution >= 4 is 17.9 Å². The number of carbonyl (C=O) groups excluding carboxylic acids is 2. The third-order valence-corrected chi connectivity index (χ3v) is 5.38. The number of aliphatic hydroxyl groups excluding tert-OH is 1. The minimum Gasteiger partial charge on any atom is -0.381 e. The van der Waals surface area contributed by atoms with Crippen LogP contribution < -0.4 is 5.32 Å². The standard InChI is InChI=1S/C21H28N2O3/c24-19(14-13-16-8-3-1-4-9-16)23-15-7-12-18(23)20(25)21(26)22-17-10-5-2-6-11-17/h1,3-4,8-9,13-14,17-18,20,25H,2,5-7,10-12,15H2,(H,22,26)/b14-13+. The van der Waals surface area contributed by atoms with Crippen molar-refractivity contribution in [3.05, 3.63) is 42.0 Å². The lowest BCUT2D eigenvalue weighted by Gasteiger charge is -2.29. The van der Waals surface area contributed by atoms with Crippen molar-refractivity contribution < 1.29 is 14.7 Å². The van der Waals surface area contributed by atoms with Crippen LogP contribution in [0.15, 0.2) is 36.4 Å². The first-order valence-electron chi connectivity index (χ1n) is 9.67. The van der Waals surface area contributed by atoms with Gasteiger partial charge in [0.25, 0.3) is 5.91 Å². The van der Waals surface area contributed by atoms with Gasteiger partial charge in [0.1, 0.15) is 0 Å². The zero-order chi connectivity index (χ0) is 18.4. The summed E-state index contributed by atoms with van der Waals surface area (Å²) in [5, 5.41) is 13.5. The number of carbonyl (C=O) groups is 2. The van der Waals surface area contributed by atoms with Crippen LogP contribution in [-0.2, 0) is 9.59 Å². The molecule has 2 atom stereocenters. The van der Waals surface area contributed by atoms with Gasteiger partial charge in [0, 0.05) is 18.7 Å². The fraction of sp³-hybridized carbons (Fsp3) is 0.524. The molecule has 1 saturated heterocycles. The van der Waals surface area contributed by atoms with Crippen molar-refractivity contribution in [3.63, 3.8) is 0 Å². The van der Waals surface area contributed by atoms with Gasteiger partial charge in [-0.05, 0) is 37.3 Å². The highest BCUT2D eigenvalue weighted by molar-refractivity contribution is 5.93. The summed E-state index contributed by atoms with van der Waals surface area (Å²) in [6.45, 7) is 0.580. The van der Waals surface area contributed by atoms with E-state index in [9.17, 15) is 14.7 Å². The maximum Gasteiger partial charge on any atom is 0.251 e. The Balaban J connectivity index is 1.58. The van der Waals surface area contributed by atoms with Crippen LogP contribution in [0, 0.1) is 0 Å². The zero-order valence-electron chi connectivity index (χ0n) is 15.1. The smallest absolute Gasteiger partial charge is 0.251 e. The Kier molecular flexibility index (Phi) is 6.45. The molecular weight excluding hydrogens is 328 g/mol. The molecule has 0 bridgehead atoms. The summed E-state index contributed by atoms with van der Waals surface area (Å²) in [4.78, 5) is 26.6.